The molecular formula is C18H24N2O2. The summed E-state index contributed by atoms with van der Waals surface area (Å²) in [5.74, 6) is 0.456. The molecule has 0 fully saturated rings. The highest BCUT2D eigenvalue weighted by Gasteiger charge is 2.28. The zero-order valence-corrected chi connectivity index (χ0v) is 13.6. The van der Waals surface area contributed by atoms with Gasteiger partial charge in [0.05, 0.1) is 18.2 Å². The van der Waals surface area contributed by atoms with E-state index in [1.807, 2.05) is 12.1 Å². The van der Waals surface area contributed by atoms with Gasteiger partial charge in [-0.1, -0.05) is 50.6 Å². The standard InChI is InChI=1S/C18H24N2O2/c1-12-6-5-7-13(8-12)16(18(2,3)4)20-17(21)14-9-15(10-19)22-11-14/h5-9,11,16H,10,19H2,1-4H3,(H,20,21). The molecule has 1 aromatic heterocycles. The maximum Gasteiger partial charge on any atom is 0.255 e. The molecule has 4 heteroatoms. The van der Waals surface area contributed by atoms with Crippen LogP contribution in [0.3, 0.4) is 0 Å². The average molecular weight is 300 g/mol. The fourth-order valence-electron chi connectivity index (χ4n) is 2.47. The van der Waals surface area contributed by atoms with Gasteiger partial charge in [-0.3, -0.25) is 4.79 Å². The molecule has 0 aliphatic rings. The van der Waals surface area contributed by atoms with Gasteiger partial charge in [0.2, 0.25) is 0 Å². The highest BCUT2D eigenvalue weighted by molar-refractivity contribution is 5.94. The van der Waals surface area contributed by atoms with Gasteiger partial charge in [0, 0.05) is 0 Å². The van der Waals surface area contributed by atoms with E-state index in [4.69, 9.17) is 10.2 Å². The molecule has 22 heavy (non-hydrogen) atoms. The van der Waals surface area contributed by atoms with Gasteiger partial charge in [-0.25, -0.2) is 0 Å². The molecule has 4 nitrogen and oxygen atoms in total. The second-order valence-corrected chi connectivity index (χ2v) is 6.69. The van der Waals surface area contributed by atoms with Crippen LogP contribution in [0.4, 0.5) is 0 Å². The van der Waals surface area contributed by atoms with Crippen molar-refractivity contribution in [3.8, 4) is 0 Å². The summed E-state index contributed by atoms with van der Waals surface area (Å²) < 4.78 is 5.24. The summed E-state index contributed by atoms with van der Waals surface area (Å²) in [4.78, 5) is 12.5. The molecule has 2 aromatic rings. The maximum atomic E-state index is 12.5. The minimum Gasteiger partial charge on any atom is -0.467 e. The van der Waals surface area contributed by atoms with E-state index in [-0.39, 0.29) is 23.9 Å². The monoisotopic (exact) mass is 300 g/mol. The number of carbonyl (C=O) groups excluding carboxylic acids is 1. The molecule has 1 atom stereocenters. The van der Waals surface area contributed by atoms with Crippen LogP contribution in [-0.4, -0.2) is 5.91 Å². The molecule has 0 aliphatic heterocycles. The van der Waals surface area contributed by atoms with E-state index in [0.717, 1.165) is 5.56 Å². The Kier molecular flexibility index (Phi) is 4.71. The van der Waals surface area contributed by atoms with Crippen LogP contribution in [0, 0.1) is 12.3 Å². The quantitative estimate of drug-likeness (QED) is 0.907. The number of amides is 1. The van der Waals surface area contributed by atoms with Gasteiger partial charge in [0.1, 0.15) is 12.0 Å². The van der Waals surface area contributed by atoms with Gasteiger partial charge in [0.15, 0.2) is 0 Å². The Bertz CT molecular complexity index is 653. The van der Waals surface area contributed by atoms with Crippen molar-refractivity contribution in [3.63, 3.8) is 0 Å². The van der Waals surface area contributed by atoms with E-state index < -0.39 is 0 Å². The zero-order valence-electron chi connectivity index (χ0n) is 13.6. The Labute approximate surface area is 131 Å². The van der Waals surface area contributed by atoms with Crippen LogP contribution in [0.1, 0.15) is 54.1 Å². The summed E-state index contributed by atoms with van der Waals surface area (Å²) in [5, 5.41) is 3.11. The normalized spacial score (nSPS) is 13.0. The van der Waals surface area contributed by atoms with Crippen molar-refractivity contribution in [1.29, 1.82) is 0 Å². The number of hydrogen-bond donors (Lipinski definition) is 2. The van der Waals surface area contributed by atoms with E-state index in [1.54, 1.807) is 6.07 Å². The van der Waals surface area contributed by atoms with Crippen molar-refractivity contribution in [2.45, 2.75) is 40.3 Å². The van der Waals surface area contributed by atoms with Crippen LogP contribution < -0.4 is 11.1 Å². The van der Waals surface area contributed by atoms with Crippen molar-refractivity contribution < 1.29 is 9.21 Å². The predicted molar refractivity (Wildman–Crippen MR) is 87.4 cm³/mol. The number of carbonyl (C=O) groups is 1. The number of aryl methyl sites for hydroxylation is 1. The van der Waals surface area contributed by atoms with E-state index in [2.05, 4.69) is 45.1 Å². The number of hydrogen-bond acceptors (Lipinski definition) is 3. The first-order valence-corrected chi connectivity index (χ1v) is 7.46. The number of nitrogens with one attached hydrogen (secondary N) is 1. The Balaban J connectivity index is 2.26. The summed E-state index contributed by atoms with van der Waals surface area (Å²) in [6, 6.07) is 9.82. The SMILES string of the molecule is Cc1cccc(C(NC(=O)c2coc(CN)c2)C(C)(C)C)c1. The lowest BCUT2D eigenvalue weighted by atomic mass is 9.82. The molecule has 1 aromatic carbocycles. The lowest BCUT2D eigenvalue weighted by Crippen LogP contribution is -2.36. The molecular weight excluding hydrogens is 276 g/mol. The third kappa shape index (κ3) is 3.77. The highest BCUT2D eigenvalue weighted by Crippen LogP contribution is 2.33. The number of benzene rings is 1. The molecule has 3 N–H and O–H groups in total. The van der Waals surface area contributed by atoms with E-state index in [9.17, 15) is 4.79 Å². The molecule has 1 amide bonds. The maximum absolute atomic E-state index is 12.5. The summed E-state index contributed by atoms with van der Waals surface area (Å²) in [7, 11) is 0. The molecule has 0 aliphatic carbocycles. The fraction of sp³-hybridized carbons (Fsp3) is 0.389. The first-order valence-electron chi connectivity index (χ1n) is 7.46. The predicted octanol–water partition coefficient (Wildman–Crippen LogP) is 3.56. The second-order valence-electron chi connectivity index (χ2n) is 6.69. The molecule has 0 radical (unpaired) electrons. The highest BCUT2D eigenvalue weighted by atomic mass is 16.3. The van der Waals surface area contributed by atoms with Crippen molar-refractivity contribution in [3.05, 3.63) is 59.0 Å². The first kappa shape index (κ1) is 16.3. The van der Waals surface area contributed by atoms with Crippen LogP contribution in [0.2, 0.25) is 0 Å². The van der Waals surface area contributed by atoms with Crippen LogP contribution in [-0.2, 0) is 6.54 Å². The van der Waals surface area contributed by atoms with E-state index >= 15 is 0 Å². The summed E-state index contributed by atoms with van der Waals surface area (Å²) in [6.07, 6.45) is 1.45. The minimum absolute atomic E-state index is 0.0869. The lowest BCUT2D eigenvalue weighted by Gasteiger charge is -2.32. The number of nitrogens with two attached hydrogens (primary N) is 1. The van der Waals surface area contributed by atoms with Crippen molar-refractivity contribution >= 4 is 5.91 Å². The third-order valence-electron chi connectivity index (χ3n) is 3.63. The molecule has 0 spiro atoms. The average Bonchev–Trinajstić information content (AvgIpc) is 2.92. The molecule has 0 saturated carbocycles. The number of furan rings is 1. The van der Waals surface area contributed by atoms with Crippen LogP contribution in [0.15, 0.2) is 41.0 Å². The van der Waals surface area contributed by atoms with Crippen molar-refractivity contribution in [2.24, 2.45) is 11.1 Å². The largest absolute Gasteiger partial charge is 0.467 e. The first-order chi connectivity index (χ1) is 10.3. The number of rotatable bonds is 4. The molecule has 1 unspecified atom stereocenters. The van der Waals surface area contributed by atoms with E-state index in [1.165, 1.54) is 11.8 Å². The van der Waals surface area contributed by atoms with Gasteiger partial charge >= 0.3 is 0 Å². The lowest BCUT2D eigenvalue weighted by molar-refractivity contribution is 0.0901. The van der Waals surface area contributed by atoms with Crippen LogP contribution in [0.25, 0.3) is 0 Å². The Morgan fingerprint density at radius 1 is 1.32 bits per heavy atom. The Morgan fingerprint density at radius 3 is 2.59 bits per heavy atom. The molecule has 0 saturated heterocycles. The van der Waals surface area contributed by atoms with Gasteiger partial charge in [-0.2, -0.15) is 0 Å². The van der Waals surface area contributed by atoms with Gasteiger partial charge in [-0.15, -0.1) is 0 Å². The summed E-state index contributed by atoms with van der Waals surface area (Å²) in [5.41, 5.74) is 8.19. The topological polar surface area (TPSA) is 68.3 Å². The molecule has 118 valence electrons. The van der Waals surface area contributed by atoms with Crippen LogP contribution >= 0.6 is 0 Å². The van der Waals surface area contributed by atoms with E-state index in [0.29, 0.717) is 11.3 Å². The van der Waals surface area contributed by atoms with Gasteiger partial charge < -0.3 is 15.5 Å². The second kappa shape index (κ2) is 6.36. The minimum atomic E-state index is -0.148. The van der Waals surface area contributed by atoms with Crippen LogP contribution in [0.5, 0.6) is 0 Å². The zero-order chi connectivity index (χ0) is 16.3. The van der Waals surface area contributed by atoms with Gasteiger partial charge in [0.25, 0.3) is 5.91 Å². The Hall–Kier alpha value is -2.07. The molecule has 2 rings (SSSR count). The molecule has 1 heterocycles. The summed E-state index contributed by atoms with van der Waals surface area (Å²) in [6.45, 7) is 8.67. The smallest absolute Gasteiger partial charge is 0.255 e. The third-order valence-corrected chi connectivity index (χ3v) is 3.63. The fourth-order valence-corrected chi connectivity index (χ4v) is 2.47. The molecule has 0 bridgehead atoms. The Morgan fingerprint density at radius 2 is 2.05 bits per heavy atom. The van der Waals surface area contributed by atoms with Crippen molar-refractivity contribution in [1.82, 2.24) is 5.32 Å². The van der Waals surface area contributed by atoms with Gasteiger partial charge in [-0.05, 0) is 24.0 Å². The van der Waals surface area contributed by atoms with Crippen molar-refractivity contribution in [2.75, 3.05) is 0 Å². The summed E-state index contributed by atoms with van der Waals surface area (Å²) >= 11 is 0.